The van der Waals surface area contributed by atoms with E-state index >= 15 is 0 Å². The first-order valence-electron chi connectivity index (χ1n) is 9.04. The summed E-state index contributed by atoms with van der Waals surface area (Å²) in [6.45, 7) is 2.47. The predicted molar refractivity (Wildman–Crippen MR) is 115 cm³/mol. The molecule has 0 unspecified atom stereocenters. The third-order valence-corrected chi connectivity index (χ3v) is 5.64. The molecule has 5 nitrogen and oxygen atoms in total. The summed E-state index contributed by atoms with van der Waals surface area (Å²) < 4.78 is 7.46. The molecule has 0 radical (unpaired) electrons. The third-order valence-electron chi connectivity index (χ3n) is 4.42. The Bertz CT molecular complexity index is 1100. The minimum absolute atomic E-state index is 0.0515. The Hall–Kier alpha value is -2.83. The minimum atomic E-state index is 0.0515. The summed E-state index contributed by atoms with van der Waals surface area (Å²) in [5.74, 6) is 1.81. The minimum Gasteiger partial charge on any atom is -0.467 e. The zero-order valence-corrected chi connectivity index (χ0v) is 17.3. The van der Waals surface area contributed by atoms with Crippen molar-refractivity contribution in [2.75, 3.05) is 5.75 Å². The molecule has 2 aromatic carbocycles. The molecule has 7 heteroatoms. The highest BCUT2D eigenvalue weighted by molar-refractivity contribution is 7.99. The van der Waals surface area contributed by atoms with Crippen molar-refractivity contribution < 1.29 is 9.21 Å². The molecule has 4 aromatic rings. The Morgan fingerprint density at radius 1 is 1.07 bits per heavy atom. The van der Waals surface area contributed by atoms with E-state index in [-0.39, 0.29) is 11.5 Å². The molecule has 0 aliphatic carbocycles. The maximum Gasteiger partial charge on any atom is 0.192 e. The van der Waals surface area contributed by atoms with Crippen LogP contribution < -0.4 is 0 Å². The summed E-state index contributed by atoms with van der Waals surface area (Å²) in [5.41, 5.74) is 2.71. The summed E-state index contributed by atoms with van der Waals surface area (Å²) in [6.07, 6.45) is 1.63. The molecule has 0 fully saturated rings. The lowest BCUT2D eigenvalue weighted by Crippen LogP contribution is -2.06. The van der Waals surface area contributed by atoms with E-state index in [1.54, 1.807) is 6.26 Å². The second kappa shape index (κ2) is 8.68. The number of hydrogen-bond donors (Lipinski definition) is 0. The molecule has 0 spiro atoms. The highest BCUT2D eigenvalue weighted by Crippen LogP contribution is 2.27. The summed E-state index contributed by atoms with van der Waals surface area (Å²) in [5, 5.41) is 9.99. The number of halogens is 1. The van der Waals surface area contributed by atoms with Gasteiger partial charge in [-0.15, -0.1) is 10.2 Å². The first-order valence-corrected chi connectivity index (χ1v) is 10.4. The van der Waals surface area contributed by atoms with Crippen LogP contribution >= 0.6 is 23.4 Å². The molecular weight excluding hydrogens is 406 g/mol. The van der Waals surface area contributed by atoms with Crippen molar-refractivity contribution in [3.8, 4) is 11.4 Å². The van der Waals surface area contributed by atoms with Gasteiger partial charge in [0.25, 0.3) is 0 Å². The van der Waals surface area contributed by atoms with Crippen LogP contribution in [0.3, 0.4) is 0 Å². The Balaban J connectivity index is 1.59. The fraction of sp³-hybridized carbons (Fsp3) is 0.136. The SMILES string of the molecule is Cc1ccc(C(=O)CSc2nnc(-c3ccc(Cl)cc3)n2Cc2ccco2)cc1. The lowest BCUT2D eigenvalue weighted by molar-refractivity contribution is 0.102. The number of benzene rings is 2. The molecule has 2 heterocycles. The van der Waals surface area contributed by atoms with E-state index in [9.17, 15) is 4.79 Å². The number of aromatic nitrogens is 3. The van der Waals surface area contributed by atoms with Gasteiger partial charge < -0.3 is 4.42 Å². The predicted octanol–water partition coefficient (Wildman–Crippen LogP) is 5.52. The van der Waals surface area contributed by atoms with Crippen molar-refractivity contribution in [1.82, 2.24) is 14.8 Å². The monoisotopic (exact) mass is 423 g/mol. The zero-order valence-electron chi connectivity index (χ0n) is 15.7. The lowest BCUT2D eigenvalue weighted by atomic mass is 10.1. The van der Waals surface area contributed by atoms with Crippen LogP contribution in [0.15, 0.2) is 76.5 Å². The Morgan fingerprint density at radius 2 is 1.83 bits per heavy atom. The summed E-state index contributed by atoms with van der Waals surface area (Å²) in [7, 11) is 0. The molecule has 0 aliphatic heterocycles. The number of furan rings is 1. The van der Waals surface area contributed by atoms with E-state index in [4.69, 9.17) is 16.0 Å². The van der Waals surface area contributed by atoms with Gasteiger partial charge in [-0.1, -0.05) is 53.2 Å². The lowest BCUT2D eigenvalue weighted by Gasteiger charge is -2.09. The number of thioether (sulfide) groups is 1. The van der Waals surface area contributed by atoms with Crippen molar-refractivity contribution >= 4 is 29.1 Å². The number of rotatable bonds is 7. The van der Waals surface area contributed by atoms with Gasteiger partial charge in [0.1, 0.15) is 5.76 Å². The number of ketones is 1. The average molecular weight is 424 g/mol. The summed E-state index contributed by atoms with van der Waals surface area (Å²) in [6, 6.07) is 18.8. The van der Waals surface area contributed by atoms with Gasteiger partial charge in [-0.2, -0.15) is 0 Å². The number of Topliss-reactive ketones (excluding diaryl/α,β-unsaturated/α-hetero) is 1. The van der Waals surface area contributed by atoms with E-state index in [1.807, 2.05) is 72.2 Å². The Labute approximate surface area is 177 Å². The Kier molecular flexibility index (Phi) is 5.83. The van der Waals surface area contributed by atoms with Crippen molar-refractivity contribution in [3.05, 3.63) is 88.8 Å². The number of aryl methyl sites for hydroxylation is 1. The van der Waals surface area contributed by atoms with Gasteiger partial charge in [-0.25, -0.2) is 0 Å². The fourth-order valence-electron chi connectivity index (χ4n) is 2.86. The van der Waals surface area contributed by atoms with E-state index in [2.05, 4.69) is 10.2 Å². The quantitative estimate of drug-likeness (QED) is 0.289. The van der Waals surface area contributed by atoms with Gasteiger partial charge in [0, 0.05) is 16.1 Å². The highest BCUT2D eigenvalue weighted by Gasteiger charge is 2.17. The molecule has 2 aromatic heterocycles. The highest BCUT2D eigenvalue weighted by atomic mass is 35.5. The van der Waals surface area contributed by atoms with Crippen molar-refractivity contribution in [2.45, 2.75) is 18.6 Å². The van der Waals surface area contributed by atoms with Gasteiger partial charge in [0.05, 0.1) is 18.6 Å². The number of nitrogens with zero attached hydrogens (tertiary/aromatic N) is 3. The zero-order chi connectivity index (χ0) is 20.2. The molecule has 0 aliphatic rings. The first kappa shape index (κ1) is 19.5. The van der Waals surface area contributed by atoms with Gasteiger partial charge in [0.15, 0.2) is 16.8 Å². The van der Waals surface area contributed by atoms with Crippen LogP contribution in [0.2, 0.25) is 5.02 Å². The molecule has 0 N–H and O–H groups in total. The summed E-state index contributed by atoms with van der Waals surface area (Å²) >= 11 is 7.38. The van der Waals surface area contributed by atoms with Gasteiger partial charge in [-0.05, 0) is 43.3 Å². The van der Waals surface area contributed by atoms with E-state index in [0.717, 1.165) is 16.9 Å². The standard InChI is InChI=1S/C22H18ClN3O2S/c1-15-4-6-16(7-5-15)20(27)14-29-22-25-24-21(17-8-10-18(23)11-9-17)26(22)13-19-3-2-12-28-19/h2-12H,13-14H2,1H3. The number of hydrogen-bond acceptors (Lipinski definition) is 5. The number of carbonyl (C=O) groups excluding carboxylic acids is 1. The van der Waals surface area contributed by atoms with E-state index in [0.29, 0.717) is 28.1 Å². The smallest absolute Gasteiger partial charge is 0.192 e. The van der Waals surface area contributed by atoms with Gasteiger partial charge in [-0.3, -0.25) is 9.36 Å². The molecule has 0 saturated heterocycles. The topological polar surface area (TPSA) is 60.9 Å². The maximum absolute atomic E-state index is 12.6. The molecule has 4 rings (SSSR count). The average Bonchev–Trinajstić information content (AvgIpc) is 3.38. The molecule has 146 valence electrons. The van der Waals surface area contributed by atoms with E-state index < -0.39 is 0 Å². The molecule has 29 heavy (non-hydrogen) atoms. The third kappa shape index (κ3) is 4.60. The van der Waals surface area contributed by atoms with Crippen LogP contribution in [-0.2, 0) is 6.54 Å². The van der Waals surface area contributed by atoms with Crippen LogP contribution in [0.4, 0.5) is 0 Å². The fourth-order valence-corrected chi connectivity index (χ4v) is 3.82. The normalized spacial score (nSPS) is 11.0. The van der Waals surface area contributed by atoms with Crippen molar-refractivity contribution in [3.63, 3.8) is 0 Å². The molecule has 0 atom stereocenters. The summed E-state index contributed by atoms with van der Waals surface area (Å²) in [4.78, 5) is 12.6. The van der Waals surface area contributed by atoms with Crippen LogP contribution in [-0.4, -0.2) is 26.3 Å². The molecule has 0 amide bonds. The molecule has 0 bridgehead atoms. The van der Waals surface area contributed by atoms with E-state index in [1.165, 1.54) is 11.8 Å². The first-order chi connectivity index (χ1) is 14.1. The van der Waals surface area contributed by atoms with Crippen LogP contribution in [0, 0.1) is 6.92 Å². The van der Waals surface area contributed by atoms with Crippen molar-refractivity contribution in [1.29, 1.82) is 0 Å². The molecular formula is C22H18ClN3O2S. The second-order valence-electron chi connectivity index (χ2n) is 6.56. The van der Waals surface area contributed by atoms with Crippen LogP contribution in [0.25, 0.3) is 11.4 Å². The molecule has 0 saturated carbocycles. The largest absolute Gasteiger partial charge is 0.467 e. The Morgan fingerprint density at radius 3 is 2.52 bits per heavy atom. The van der Waals surface area contributed by atoms with Gasteiger partial charge >= 0.3 is 0 Å². The maximum atomic E-state index is 12.6. The van der Waals surface area contributed by atoms with Gasteiger partial charge in [0.2, 0.25) is 0 Å². The van der Waals surface area contributed by atoms with Crippen LogP contribution in [0.1, 0.15) is 21.7 Å². The number of carbonyl (C=O) groups is 1. The second-order valence-corrected chi connectivity index (χ2v) is 7.94. The van der Waals surface area contributed by atoms with Crippen molar-refractivity contribution in [2.24, 2.45) is 0 Å². The van der Waals surface area contributed by atoms with Crippen LogP contribution in [0.5, 0.6) is 0 Å².